The van der Waals surface area contributed by atoms with Crippen LogP contribution < -0.4 is 0 Å². The van der Waals surface area contributed by atoms with Crippen LogP contribution in [0.2, 0.25) is 31.4 Å². The van der Waals surface area contributed by atoms with Crippen molar-refractivity contribution in [3.8, 4) is 0 Å². The van der Waals surface area contributed by atoms with Crippen molar-refractivity contribution in [2.75, 3.05) is 13.2 Å². The summed E-state index contributed by atoms with van der Waals surface area (Å²) in [5, 5.41) is 11.1. The summed E-state index contributed by atoms with van der Waals surface area (Å²) in [6, 6.07) is 10.2. The average molecular weight is 626 g/mol. The maximum atomic E-state index is 10.8. The van der Waals surface area contributed by atoms with Gasteiger partial charge in [-0.1, -0.05) is 0 Å². The Morgan fingerprint density at radius 1 is 0.944 bits per heavy atom. The van der Waals surface area contributed by atoms with Crippen LogP contribution in [0.3, 0.4) is 0 Å². The number of hydrogen-bond donors (Lipinski definition) is 1. The zero-order valence-corrected chi connectivity index (χ0v) is 28.9. The minimum absolute atomic E-state index is 0.206. The second kappa shape index (κ2) is 17.4. The van der Waals surface area contributed by atoms with Crippen molar-refractivity contribution in [2.24, 2.45) is 0 Å². The van der Waals surface area contributed by atoms with Gasteiger partial charge in [-0.3, -0.25) is 0 Å². The van der Waals surface area contributed by atoms with Gasteiger partial charge in [-0.15, -0.1) is 0 Å². The second-order valence-electron chi connectivity index (χ2n) is 12.3. The molecule has 1 atom stereocenters. The molecular formula is C31H58O3SiSn. The van der Waals surface area contributed by atoms with E-state index in [2.05, 4.69) is 72.8 Å². The van der Waals surface area contributed by atoms with Crippen molar-refractivity contribution < 1.29 is 14.3 Å². The van der Waals surface area contributed by atoms with E-state index in [9.17, 15) is 5.11 Å². The number of aliphatic hydroxyl groups is 1. The molecule has 1 aromatic rings. The van der Waals surface area contributed by atoms with Crippen LogP contribution >= 0.6 is 0 Å². The summed E-state index contributed by atoms with van der Waals surface area (Å²) in [6.45, 7) is 20.5. The van der Waals surface area contributed by atoms with Gasteiger partial charge in [-0.05, 0) is 0 Å². The van der Waals surface area contributed by atoms with Crippen molar-refractivity contribution in [1.29, 1.82) is 0 Å². The molecule has 0 saturated heterocycles. The first-order valence-corrected chi connectivity index (χ1v) is 25.0. The standard InChI is InChI=1S/C19H31O3Si.3C4H9.Sn/c1-19(2,3)23(4,5)22-14-10-9-13-18(20)16-21-15-17-11-7-6-8-12-17;3*1-3-4-2;/h6-9,11-12,18,20H,13-16H2,1-5H3;3*1,3-4H2,2H3;. The average Bonchev–Trinajstić information content (AvgIpc) is 2.84. The van der Waals surface area contributed by atoms with Crippen LogP contribution in [-0.4, -0.2) is 51.1 Å². The van der Waals surface area contributed by atoms with Crippen molar-refractivity contribution in [1.82, 2.24) is 0 Å². The van der Waals surface area contributed by atoms with Crippen LogP contribution in [0.25, 0.3) is 0 Å². The SMILES string of the molecule is CCC[CH2][Sn]([CH2]CCC)([CH2]CCC)/[C](=C/CC(O)COCc1ccccc1)CO[Si](C)(C)C(C)(C)C. The molecule has 0 amide bonds. The van der Waals surface area contributed by atoms with Gasteiger partial charge >= 0.3 is 230 Å². The van der Waals surface area contributed by atoms with Gasteiger partial charge < -0.3 is 0 Å². The molecule has 0 heterocycles. The fraction of sp³-hybridized carbons (Fsp3) is 0.742. The monoisotopic (exact) mass is 626 g/mol. The van der Waals surface area contributed by atoms with E-state index in [-0.39, 0.29) is 5.04 Å². The summed E-state index contributed by atoms with van der Waals surface area (Å²) >= 11 is -2.65. The van der Waals surface area contributed by atoms with Gasteiger partial charge in [0, 0.05) is 0 Å². The predicted octanol–water partition coefficient (Wildman–Crippen LogP) is 9.29. The summed E-state index contributed by atoms with van der Waals surface area (Å²) in [6.07, 6.45) is 10.4. The Morgan fingerprint density at radius 3 is 1.94 bits per heavy atom. The van der Waals surface area contributed by atoms with E-state index < -0.39 is 32.8 Å². The van der Waals surface area contributed by atoms with E-state index in [0.29, 0.717) is 19.6 Å². The summed E-state index contributed by atoms with van der Waals surface area (Å²) in [7, 11) is -1.85. The fourth-order valence-electron chi connectivity index (χ4n) is 4.54. The molecule has 0 spiro atoms. The van der Waals surface area contributed by atoms with E-state index >= 15 is 0 Å². The Labute approximate surface area is 229 Å². The van der Waals surface area contributed by atoms with E-state index in [1.165, 1.54) is 51.8 Å². The van der Waals surface area contributed by atoms with E-state index in [1.807, 2.05) is 18.2 Å². The molecule has 0 radical (unpaired) electrons. The fourth-order valence-corrected chi connectivity index (χ4v) is 22.3. The zero-order valence-electron chi connectivity index (χ0n) is 25.0. The first-order chi connectivity index (χ1) is 17.0. The molecule has 0 aliphatic carbocycles. The van der Waals surface area contributed by atoms with Crippen molar-refractivity contribution in [2.45, 2.75) is 131 Å². The van der Waals surface area contributed by atoms with Gasteiger partial charge in [0.15, 0.2) is 0 Å². The quantitative estimate of drug-likeness (QED) is 0.156. The second-order valence-corrected chi connectivity index (χ2v) is 30.5. The van der Waals surface area contributed by atoms with Crippen LogP contribution in [0.5, 0.6) is 0 Å². The molecule has 5 heteroatoms. The number of benzene rings is 1. The molecule has 0 aliphatic heterocycles. The Morgan fingerprint density at radius 2 is 1.47 bits per heavy atom. The van der Waals surface area contributed by atoms with Crippen molar-refractivity contribution >= 4 is 26.7 Å². The molecule has 36 heavy (non-hydrogen) atoms. The predicted molar refractivity (Wildman–Crippen MR) is 163 cm³/mol. The number of unbranched alkanes of at least 4 members (excludes halogenated alkanes) is 3. The van der Waals surface area contributed by atoms with Gasteiger partial charge in [0.2, 0.25) is 0 Å². The molecule has 0 saturated carbocycles. The Kier molecular flexibility index (Phi) is 16.4. The third-order valence-electron chi connectivity index (χ3n) is 8.16. The number of ether oxygens (including phenoxy) is 1. The minimum atomic E-state index is -2.65. The van der Waals surface area contributed by atoms with Gasteiger partial charge in [0.1, 0.15) is 0 Å². The first kappa shape index (κ1) is 33.9. The van der Waals surface area contributed by atoms with Crippen LogP contribution in [-0.2, 0) is 15.8 Å². The molecule has 1 aromatic carbocycles. The summed E-state index contributed by atoms with van der Waals surface area (Å²) in [5.41, 5.74) is 1.15. The third kappa shape index (κ3) is 12.1. The first-order valence-electron chi connectivity index (χ1n) is 14.6. The van der Waals surface area contributed by atoms with Gasteiger partial charge in [-0.25, -0.2) is 0 Å². The van der Waals surface area contributed by atoms with Crippen LogP contribution in [0.4, 0.5) is 0 Å². The van der Waals surface area contributed by atoms with E-state index in [4.69, 9.17) is 9.16 Å². The summed E-state index contributed by atoms with van der Waals surface area (Å²) < 4.78 is 18.7. The number of rotatable bonds is 19. The molecular weight excluding hydrogens is 567 g/mol. The number of aliphatic hydroxyl groups excluding tert-OH is 1. The third-order valence-corrected chi connectivity index (χ3v) is 28.7. The number of hydrogen-bond acceptors (Lipinski definition) is 3. The Bertz CT molecular complexity index is 705. The molecule has 0 fully saturated rings. The van der Waals surface area contributed by atoms with Gasteiger partial charge in [-0.2, -0.15) is 0 Å². The Balaban J connectivity index is 3.12. The molecule has 1 unspecified atom stereocenters. The molecule has 0 aromatic heterocycles. The van der Waals surface area contributed by atoms with E-state index in [0.717, 1.165) is 12.2 Å². The van der Waals surface area contributed by atoms with Crippen molar-refractivity contribution in [3.05, 3.63) is 45.6 Å². The van der Waals surface area contributed by atoms with Crippen molar-refractivity contribution in [3.63, 3.8) is 0 Å². The van der Waals surface area contributed by atoms with Crippen LogP contribution in [0, 0.1) is 0 Å². The molecule has 3 nitrogen and oxygen atoms in total. The Hall–Kier alpha value is -0.144. The zero-order chi connectivity index (χ0) is 27.1. The molecule has 208 valence electrons. The van der Waals surface area contributed by atoms with Crippen LogP contribution in [0.1, 0.15) is 92.1 Å². The molecule has 0 aliphatic rings. The van der Waals surface area contributed by atoms with Gasteiger partial charge in [0.05, 0.1) is 0 Å². The molecule has 1 rings (SSSR count). The van der Waals surface area contributed by atoms with Crippen LogP contribution in [0.15, 0.2) is 40.0 Å². The van der Waals surface area contributed by atoms with Gasteiger partial charge in [0.25, 0.3) is 0 Å². The summed E-state index contributed by atoms with van der Waals surface area (Å²) in [5.74, 6) is 0. The molecule has 0 bridgehead atoms. The maximum absolute atomic E-state index is 10.8. The molecule has 1 N–H and O–H groups in total. The summed E-state index contributed by atoms with van der Waals surface area (Å²) in [4.78, 5) is 0. The van der Waals surface area contributed by atoms with E-state index in [1.54, 1.807) is 3.59 Å². The normalized spacial score (nSPS) is 14.3. The topological polar surface area (TPSA) is 38.7 Å².